The van der Waals surface area contributed by atoms with E-state index in [1.165, 1.54) is 12.1 Å². The fourth-order valence-electron chi connectivity index (χ4n) is 0.738. The average molecular weight is 395 g/mol. The number of alkyl halides is 1. The lowest BCUT2D eigenvalue weighted by Gasteiger charge is -2.02. The molecule has 0 bridgehead atoms. The third-order valence-electron chi connectivity index (χ3n) is 1.32. The van der Waals surface area contributed by atoms with Crippen LogP contribution in [0.2, 0.25) is 0 Å². The second-order valence-electron chi connectivity index (χ2n) is 2.15. The molecule has 2 N–H and O–H groups in total. The Labute approximate surface area is 110 Å². The average Bonchev–Trinajstić information content (AvgIpc) is 2.03. The first-order chi connectivity index (χ1) is 5.65. The monoisotopic (exact) mass is 392 g/mol. The van der Waals surface area contributed by atoms with Gasteiger partial charge in [0.1, 0.15) is 12.1 Å². The maximum Gasteiger partial charge on any atom is 0.219 e. The van der Waals surface area contributed by atoms with Crippen LogP contribution in [-0.4, -0.2) is 11.3 Å². The lowest BCUT2D eigenvalue weighted by molar-refractivity contribution is -0.107. The molecule has 1 atom stereocenters. The number of halogens is 4. The van der Waals surface area contributed by atoms with Crippen molar-refractivity contribution < 1.29 is 9.18 Å². The maximum atomic E-state index is 12.9. The Bertz CT molecular complexity index is 311. The molecule has 0 aliphatic rings. The van der Waals surface area contributed by atoms with Gasteiger partial charge in [-0.25, -0.2) is 4.98 Å². The van der Waals surface area contributed by atoms with Gasteiger partial charge in [-0.3, -0.25) is 0 Å². The molecule has 1 aromatic heterocycles. The highest BCUT2D eigenvalue weighted by atomic mass is 79.9. The number of hydrogen-bond donors (Lipinski definition) is 1. The number of carbonyl (C=O) groups excluding carboxylic acids is 1. The van der Waals surface area contributed by atoms with E-state index in [1.54, 1.807) is 0 Å². The van der Waals surface area contributed by atoms with Crippen LogP contribution in [-0.2, 0) is 4.79 Å². The largest absolute Gasteiger partial charge is 0.384 e. The summed E-state index contributed by atoms with van der Waals surface area (Å²) >= 11 is 2.97. The van der Waals surface area contributed by atoms with Gasteiger partial charge in [0.25, 0.3) is 0 Å². The van der Waals surface area contributed by atoms with Crippen molar-refractivity contribution in [2.24, 2.45) is 0 Å². The van der Waals surface area contributed by atoms with Gasteiger partial charge in [-0.05, 0) is 12.1 Å². The van der Waals surface area contributed by atoms with Crippen LogP contribution in [0.25, 0.3) is 0 Å². The van der Waals surface area contributed by atoms with Gasteiger partial charge in [-0.1, -0.05) is 15.9 Å². The molecule has 0 aliphatic carbocycles. The second kappa shape index (κ2) is 7.30. The van der Waals surface area contributed by atoms with E-state index in [9.17, 15) is 9.18 Å². The van der Waals surface area contributed by atoms with Crippen LogP contribution < -0.4 is 5.73 Å². The third kappa shape index (κ3) is 4.02. The smallest absolute Gasteiger partial charge is 0.219 e. The predicted molar refractivity (Wildman–Crippen MR) is 67.0 cm³/mol. The van der Waals surface area contributed by atoms with E-state index < -0.39 is 10.8 Å². The van der Waals surface area contributed by atoms with Gasteiger partial charge in [0.2, 0.25) is 5.95 Å². The van der Waals surface area contributed by atoms with Crippen molar-refractivity contribution in [3.63, 3.8) is 0 Å². The molecule has 0 saturated carbocycles. The lowest BCUT2D eigenvalue weighted by atomic mass is 10.2. The molecule has 0 spiro atoms. The van der Waals surface area contributed by atoms with Crippen LogP contribution >= 0.6 is 49.9 Å². The summed E-state index contributed by atoms with van der Waals surface area (Å²) in [5.74, 6) is -0.620. The molecule has 0 aromatic carbocycles. The molecular weight excluding hydrogens is 387 g/mol. The van der Waals surface area contributed by atoms with Crippen molar-refractivity contribution in [2.45, 2.75) is 4.83 Å². The number of nitrogens with two attached hydrogens (primary N) is 1. The molecule has 0 fully saturated rings. The van der Waals surface area contributed by atoms with Gasteiger partial charge in [-0.15, -0.1) is 34.0 Å². The molecule has 80 valence electrons. The summed E-state index contributed by atoms with van der Waals surface area (Å²) in [6.07, 6.45) is 0.580. The van der Waals surface area contributed by atoms with Gasteiger partial charge >= 0.3 is 0 Å². The number of anilines is 1. The van der Waals surface area contributed by atoms with Crippen LogP contribution in [0.3, 0.4) is 0 Å². The number of aldehydes is 1. The zero-order valence-electron chi connectivity index (χ0n) is 6.81. The zero-order chi connectivity index (χ0) is 9.14. The summed E-state index contributed by atoms with van der Waals surface area (Å²) in [5.41, 5.74) is 5.41. The van der Waals surface area contributed by atoms with E-state index in [4.69, 9.17) is 5.73 Å². The van der Waals surface area contributed by atoms with Crippen molar-refractivity contribution in [3.05, 3.63) is 23.6 Å². The molecule has 1 unspecified atom stereocenters. The minimum absolute atomic E-state index is 0. The molecule has 1 rings (SSSR count). The molecule has 3 nitrogen and oxygen atoms in total. The highest BCUT2D eigenvalue weighted by molar-refractivity contribution is 9.09. The Balaban J connectivity index is 0. The fourth-order valence-corrected chi connectivity index (χ4v) is 1.08. The molecule has 0 radical (unpaired) electrons. The zero-order valence-corrected chi connectivity index (χ0v) is 11.8. The topological polar surface area (TPSA) is 56.0 Å². The molecule has 1 aromatic rings. The highest BCUT2D eigenvalue weighted by Crippen LogP contribution is 2.22. The van der Waals surface area contributed by atoms with E-state index in [0.29, 0.717) is 6.29 Å². The molecule has 7 heteroatoms. The standard InChI is InChI=1S/C7H6BrFN2O.2BrH/c8-5(3-12)4-1-2-6(10)11-7(4)9;;/h1-3,5H,(H2,10,11);2*1H. The number of hydrogen-bond acceptors (Lipinski definition) is 3. The molecule has 1 heterocycles. The van der Waals surface area contributed by atoms with Gasteiger partial charge < -0.3 is 10.5 Å². The SMILES string of the molecule is Br.Br.Nc1ccc(C(Br)C=O)c(F)n1. The lowest BCUT2D eigenvalue weighted by Crippen LogP contribution is -2.00. The fraction of sp³-hybridized carbons (Fsp3) is 0.143. The highest BCUT2D eigenvalue weighted by Gasteiger charge is 2.12. The van der Waals surface area contributed by atoms with Crippen molar-refractivity contribution in [1.29, 1.82) is 0 Å². The molecule has 0 aliphatic heterocycles. The Morgan fingerprint density at radius 3 is 2.50 bits per heavy atom. The summed E-state index contributed by atoms with van der Waals surface area (Å²) in [6.45, 7) is 0. The summed E-state index contributed by atoms with van der Waals surface area (Å²) in [6, 6.07) is 2.86. The van der Waals surface area contributed by atoms with Gasteiger partial charge in [0.05, 0.1) is 4.83 Å². The van der Waals surface area contributed by atoms with E-state index in [1.807, 2.05) is 0 Å². The number of nitrogen functional groups attached to an aromatic ring is 1. The molecule has 14 heavy (non-hydrogen) atoms. The summed E-state index contributed by atoms with van der Waals surface area (Å²) < 4.78 is 12.9. The van der Waals surface area contributed by atoms with E-state index in [2.05, 4.69) is 20.9 Å². The number of rotatable bonds is 2. The number of aromatic nitrogens is 1. The predicted octanol–water partition coefficient (Wildman–Crippen LogP) is 2.59. The minimum Gasteiger partial charge on any atom is -0.384 e. The normalized spacial score (nSPS) is 10.7. The van der Waals surface area contributed by atoms with Gasteiger partial charge in [0.15, 0.2) is 0 Å². The Hall–Kier alpha value is -0.0100. The third-order valence-corrected chi connectivity index (χ3v) is 2.02. The van der Waals surface area contributed by atoms with E-state index in [-0.39, 0.29) is 45.3 Å². The molecule has 0 saturated heterocycles. The van der Waals surface area contributed by atoms with Crippen molar-refractivity contribution in [2.75, 3.05) is 5.73 Å². The quantitative estimate of drug-likeness (QED) is 0.476. The Morgan fingerprint density at radius 2 is 2.07 bits per heavy atom. The van der Waals surface area contributed by atoms with E-state index >= 15 is 0 Å². The van der Waals surface area contributed by atoms with Gasteiger partial charge in [0, 0.05) is 5.56 Å². The molecule has 0 amide bonds. The number of nitrogens with zero attached hydrogens (tertiary/aromatic N) is 1. The van der Waals surface area contributed by atoms with E-state index in [0.717, 1.165) is 0 Å². The molecular formula is C7H8Br3FN2O. The summed E-state index contributed by atoms with van der Waals surface area (Å²) in [5, 5.41) is 0. The first-order valence-corrected chi connectivity index (χ1v) is 4.08. The summed E-state index contributed by atoms with van der Waals surface area (Å²) in [4.78, 5) is 13.0. The summed E-state index contributed by atoms with van der Waals surface area (Å²) in [7, 11) is 0. The van der Waals surface area contributed by atoms with Crippen LogP contribution in [0.1, 0.15) is 10.4 Å². The van der Waals surface area contributed by atoms with Crippen LogP contribution in [0.5, 0.6) is 0 Å². The van der Waals surface area contributed by atoms with Crippen molar-refractivity contribution >= 4 is 62.0 Å². The van der Waals surface area contributed by atoms with Gasteiger partial charge in [-0.2, -0.15) is 4.39 Å². The maximum absolute atomic E-state index is 12.9. The first kappa shape index (κ1) is 16.4. The van der Waals surface area contributed by atoms with Crippen LogP contribution in [0.4, 0.5) is 10.2 Å². The van der Waals surface area contributed by atoms with Crippen LogP contribution in [0.15, 0.2) is 12.1 Å². The minimum atomic E-state index is -0.719. The van der Waals surface area contributed by atoms with Crippen molar-refractivity contribution in [3.8, 4) is 0 Å². The Kier molecular flexibility index (Phi) is 8.57. The first-order valence-electron chi connectivity index (χ1n) is 3.16. The van der Waals surface area contributed by atoms with Crippen molar-refractivity contribution in [1.82, 2.24) is 4.98 Å². The number of pyridine rings is 1. The number of carbonyl (C=O) groups is 1. The van der Waals surface area contributed by atoms with Crippen LogP contribution in [0, 0.1) is 5.95 Å². The second-order valence-corrected chi connectivity index (χ2v) is 3.14. The Morgan fingerprint density at radius 1 is 1.50 bits per heavy atom.